The van der Waals surface area contributed by atoms with Gasteiger partial charge < -0.3 is 10.1 Å². The molecule has 6 nitrogen and oxygen atoms in total. The zero-order valence-corrected chi connectivity index (χ0v) is 13.7. The number of aryl methyl sites for hydroxylation is 3. The first-order chi connectivity index (χ1) is 11.6. The van der Waals surface area contributed by atoms with Crippen molar-refractivity contribution in [2.45, 2.75) is 32.7 Å². The second kappa shape index (κ2) is 7.29. The third-order valence-electron chi connectivity index (χ3n) is 4.03. The van der Waals surface area contributed by atoms with Gasteiger partial charge in [0, 0.05) is 12.6 Å². The molecule has 0 atom stereocenters. The van der Waals surface area contributed by atoms with Crippen molar-refractivity contribution in [2.75, 3.05) is 13.2 Å². The Balaban J connectivity index is 1.46. The molecule has 0 saturated heterocycles. The molecule has 1 aliphatic carbocycles. The van der Waals surface area contributed by atoms with Gasteiger partial charge >= 0.3 is 0 Å². The van der Waals surface area contributed by atoms with Gasteiger partial charge in [0.2, 0.25) is 0 Å². The van der Waals surface area contributed by atoms with Crippen molar-refractivity contribution in [3.63, 3.8) is 0 Å². The van der Waals surface area contributed by atoms with Gasteiger partial charge in [0.15, 0.2) is 6.61 Å². The molecule has 1 aliphatic rings. The van der Waals surface area contributed by atoms with Crippen LogP contribution in [-0.4, -0.2) is 28.8 Å². The molecule has 3 rings (SSSR count). The summed E-state index contributed by atoms with van der Waals surface area (Å²) in [5.74, 6) is 0.451. The van der Waals surface area contributed by atoms with E-state index in [4.69, 9.17) is 4.74 Å². The average molecular weight is 327 g/mol. The van der Waals surface area contributed by atoms with Crippen LogP contribution in [0.3, 0.4) is 0 Å². The molecule has 0 saturated carbocycles. The minimum Gasteiger partial charge on any atom is -0.484 e. The molecule has 0 unspecified atom stereocenters. The number of ether oxygens (including phenoxy) is 1. The molecule has 24 heavy (non-hydrogen) atoms. The van der Waals surface area contributed by atoms with Crippen LogP contribution in [0.25, 0.3) is 0 Å². The highest BCUT2D eigenvalue weighted by Gasteiger charge is 2.14. The van der Waals surface area contributed by atoms with Crippen molar-refractivity contribution in [1.29, 1.82) is 0 Å². The van der Waals surface area contributed by atoms with Crippen LogP contribution in [0.5, 0.6) is 5.75 Å². The van der Waals surface area contributed by atoms with Gasteiger partial charge in [-0.05, 0) is 49.4 Å². The van der Waals surface area contributed by atoms with Crippen molar-refractivity contribution in [1.82, 2.24) is 15.1 Å². The fourth-order valence-electron chi connectivity index (χ4n) is 2.81. The first kappa shape index (κ1) is 16.2. The topological polar surface area (TPSA) is 73.2 Å². The summed E-state index contributed by atoms with van der Waals surface area (Å²) in [6, 6.07) is 9.20. The Kier molecular flexibility index (Phi) is 4.93. The van der Waals surface area contributed by atoms with E-state index < -0.39 is 0 Å². The van der Waals surface area contributed by atoms with Crippen molar-refractivity contribution in [2.24, 2.45) is 0 Å². The molecule has 126 valence electrons. The zero-order chi connectivity index (χ0) is 16.9. The second-order valence-corrected chi connectivity index (χ2v) is 5.99. The molecular formula is C18H21N3O3. The van der Waals surface area contributed by atoms with E-state index in [0.29, 0.717) is 18.8 Å². The van der Waals surface area contributed by atoms with E-state index >= 15 is 0 Å². The van der Waals surface area contributed by atoms with Crippen molar-refractivity contribution in [3.05, 3.63) is 57.5 Å². The summed E-state index contributed by atoms with van der Waals surface area (Å²) in [6.07, 6.45) is 2.91. The van der Waals surface area contributed by atoms with Gasteiger partial charge in [0.25, 0.3) is 11.5 Å². The predicted molar refractivity (Wildman–Crippen MR) is 90.2 cm³/mol. The summed E-state index contributed by atoms with van der Waals surface area (Å²) in [6.45, 7) is 2.63. The Morgan fingerprint density at radius 3 is 3.04 bits per heavy atom. The van der Waals surface area contributed by atoms with E-state index in [1.807, 2.05) is 31.2 Å². The lowest BCUT2D eigenvalue weighted by Crippen LogP contribution is -2.34. The molecule has 1 amide bonds. The number of carbonyl (C=O) groups is 1. The van der Waals surface area contributed by atoms with Crippen molar-refractivity contribution < 1.29 is 9.53 Å². The van der Waals surface area contributed by atoms with Crippen molar-refractivity contribution >= 4 is 5.91 Å². The van der Waals surface area contributed by atoms with E-state index in [9.17, 15) is 9.59 Å². The van der Waals surface area contributed by atoms with Crippen LogP contribution in [0.15, 0.2) is 35.1 Å². The molecule has 6 heteroatoms. The maximum Gasteiger partial charge on any atom is 0.267 e. The maximum atomic E-state index is 12.0. The molecule has 1 aromatic carbocycles. The van der Waals surface area contributed by atoms with Gasteiger partial charge in [0.05, 0.1) is 12.2 Å². The summed E-state index contributed by atoms with van der Waals surface area (Å²) in [5, 5.41) is 7.12. The number of nitrogens with zero attached hydrogens (tertiary/aromatic N) is 2. The molecule has 1 aromatic heterocycles. The number of fused-ring (bicyclic) bond motifs is 1. The highest BCUT2D eigenvalue weighted by atomic mass is 16.5. The lowest BCUT2D eigenvalue weighted by Gasteiger charge is -2.09. The first-order valence-corrected chi connectivity index (χ1v) is 8.18. The van der Waals surface area contributed by atoms with Gasteiger partial charge in [-0.2, -0.15) is 5.10 Å². The lowest BCUT2D eigenvalue weighted by atomic mass is 10.2. The normalized spacial score (nSPS) is 12.7. The van der Waals surface area contributed by atoms with Crippen LogP contribution in [0.4, 0.5) is 0 Å². The highest BCUT2D eigenvalue weighted by Crippen LogP contribution is 2.16. The summed E-state index contributed by atoms with van der Waals surface area (Å²) in [5.41, 5.74) is 3.03. The first-order valence-electron chi connectivity index (χ1n) is 8.18. The predicted octanol–water partition coefficient (Wildman–Crippen LogP) is 1.24. The van der Waals surface area contributed by atoms with Gasteiger partial charge in [-0.15, -0.1) is 0 Å². The fraction of sp³-hybridized carbons (Fsp3) is 0.389. The third kappa shape index (κ3) is 4.01. The zero-order valence-electron chi connectivity index (χ0n) is 13.7. The summed E-state index contributed by atoms with van der Waals surface area (Å²) >= 11 is 0. The minimum atomic E-state index is -0.217. The number of rotatable bonds is 6. The molecule has 0 spiro atoms. The van der Waals surface area contributed by atoms with Crippen molar-refractivity contribution in [3.8, 4) is 5.75 Å². The molecular weight excluding hydrogens is 306 g/mol. The molecule has 1 N–H and O–H groups in total. The maximum absolute atomic E-state index is 12.0. The third-order valence-corrected chi connectivity index (χ3v) is 4.03. The molecule has 0 fully saturated rings. The van der Waals surface area contributed by atoms with Gasteiger partial charge in [-0.1, -0.05) is 12.1 Å². The molecule has 2 aromatic rings. The Bertz CT molecular complexity index is 798. The van der Waals surface area contributed by atoms with E-state index in [1.165, 1.54) is 4.68 Å². The smallest absolute Gasteiger partial charge is 0.267 e. The van der Waals surface area contributed by atoms with Crippen LogP contribution < -0.4 is 15.6 Å². The Labute approximate surface area is 140 Å². The number of carbonyl (C=O) groups excluding carboxylic acids is 1. The van der Waals surface area contributed by atoms with E-state index in [1.54, 1.807) is 6.07 Å². The number of amides is 1. The van der Waals surface area contributed by atoms with Crippen LogP contribution in [0, 0.1) is 6.92 Å². The number of hydrogen-bond acceptors (Lipinski definition) is 4. The highest BCUT2D eigenvalue weighted by molar-refractivity contribution is 5.77. The summed E-state index contributed by atoms with van der Waals surface area (Å²) < 4.78 is 6.86. The van der Waals surface area contributed by atoms with E-state index in [2.05, 4.69) is 10.4 Å². The molecule has 0 aliphatic heterocycles. The Morgan fingerprint density at radius 1 is 1.33 bits per heavy atom. The largest absolute Gasteiger partial charge is 0.484 e. The number of nitrogens with one attached hydrogen (secondary N) is 1. The van der Waals surface area contributed by atoms with E-state index in [0.717, 1.165) is 36.1 Å². The van der Waals surface area contributed by atoms with Crippen LogP contribution >= 0.6 is 0 Å². The minimum absolute atomic E-state index is 0.0457. The van der Waals surface area contributed by atoms with E-state index in [-0.39, 0.29) is 18.1 Å². The summed E-state index contributed by atoms with van der Waals surface area (Å²) in [4.78, 5) is 23.8. The number of benzene rings is 1. The van der Waals surface area contributed by atoms with Crippen LogP contribution in [0.1, 0.15) is 23.2 Å². The quantitative estimate of drug-likeness (QED) is 0.866. The van der Waals surface area contributed by atoms with Gasteiger partial charge in [-0.3, -0.25) is 9.59 Å². The lowest BCUT2D eigenvalue weighted by molar-refractivity contribution is -0.123. The molecule has 0 bridgehead atoms. The second-order valence-electron chi connectivity index (χ2n) is 5.99. The van der Waals surface area contributed by atoms with Gasteiger partial charge in [-0.25, -0.2) is 4.68 Å². The SMILES string of the molecule is Cc1cccc(OCC(=O)NCCn2nc3c(cc2=O)CCC3)c1. The fourth-order valence-corrected chi connectivity index (χ4v) is 2.81. The monoisotopic (exact) mass is 327 g/mol. The van der Waals surface area contributed by atoms with Crippen LogP contribution in [0.2, 0.25) is 0 Å². The number of hydrogen-bond donors (Lipinski definition) is 1. The average Bonchev–Trinajstić information content (AvgIpc) is 3.00. The summed E-state index contributed by atoms with van der Waals surface area (Å²) in [7, 11) is 0. The Hall–Kier alpha value is -2.63. The van der Waals surface area contributed by atoms with Gasteiger partial charge in [0.1, 0.15) is 5.75 Å². The number of aromatic nitrogens is 2. The Morgan fingerprint density at radius 2 is 2.21 bits per heavy atom. The van der Waals surface area contributed by atoms with Crippen LogP contribution in [-0.2, 0) is 24.2 Å². The molecule has 0 radical (unpaired) electrons. The standard InChI is InChI=1S/C18H21N3O3/c1-13-4-2-6-15(10-13)24-12-17(22)19-8-9-21-18(23)11-14-5-3-7-16(14)20-21/h2,4,6,10-11H,3,5,7-9,12H2,1H3,(H,19,22). The molecule has 1 heterocycles.